The van der Waals surface area contributed by atoms with Crippen LogP contribution in [-0.4, -0.2) is 41.6 Å². The highest BCUT2D eigenvalue weighted by Crippen LogP contribution is 2.17. The number of nitrogens with one attached hydrogen (secondary N) is 2. The second kappa shape index (κ2) is 12.4. The third-order valence-corrected chi connectivity index (χ3v) is 4.67. The Morgan fingerprint density at radius 1 is 1.22 bits per heavy atom. The lowest BCUT2D eigenvalue weighted by Gasteiger charge is -2.16. The summed E-state index contributed by atoms with van der Waals surface area (Å²) in [6, 6.07) is 1.96. The van der Waals surface area contributed by atoms with Crippen molar-refractivity contribution in [3.8, 4) is 0 Å². The number of rotatable bonds is 11. The van der Waals surface area contributed by atoms with Gasteiger partial charge >= 0.3 is 5.97 Å². The Bertz CT molecular complexity index is 962. The number of carbonyl (C=O) groups is 3. The molecule has 12 heteroatoms. The number of thiazole rings is 1. The van der Waals surface area contributed by atoms with E-state index in [1.165, 1.54) is 0 Å². The summed E-state index contributed by atoms with van der Waals surface area (Å²) in [5.74, 6) is -3.24. The van der Waals surface area contributed by atoms with Gasteiger partial charge in [-0.2, -0.15) is 0 Å². The van der Waals surface area contributed by atoms with Gasteiger partial charge in [0.15, 0.2) is 18.0 Å². The van der Waals surface area contributed by atoms with Gasteiger partial charge in [-0.1, -0.05) is 12.1 Å². The Labute approximate surface area is 186 Å². The number of amides is 2. The van der Waals surface area contributed by atoms with E-state index in [-0.39, 0.29) is 30.3 Å². The third kappa shape index (κ3) is 8.38. The minimum atomic E-state index is -0.862. The Morgan fingerprint density at radius 2 is 1.94 bits per heavy atom. The first-order chi connectivity index (χ1) is 15.3. The summed E-state index contributed by atoms with van der Waals surface area (Å²) in [5, 5.41) is 10.5. The van der Waals surface area contributed by atoms with Crippen molar-refractivity contribution in [2.45, 2.75) is 39.3 Å². The lowest BCUT2D eigenvalue weighted by atomic mass is 10.1. The van der Waals surface area contributed by atoms with Crippen molar-refractivity contribution in [1.29, 1.82) is 0 Å². The molecule has 0 aliphatic rings. The standard InChI is InChI=1S/C20H22F2N4O5S/c1-3-16(25-17(27)7-12-5-13(21)8-14(22)6-12)19(29)26-20-24-15(11-32-20)10-31-23-9-18(28)30-4-2/h5-6,8-9,11,16H,3-4,7,10H2,1-2H3,(H,25,27)(H,24,26,29). The molecular formula is C20H22F2N4O5S. The number of hydrogen-bond donors (Lipinski definition) is 2. The number of aromatic nitrogens is 1. The molecule has 0 fully saturated rings. The van der Waals surface area contributed by atoms with Crippen LogP contribution in [0.1, 0.15) is 31.5 Å². The summed E-state index contributed by atoms with van der Waals surface area (Å²) in [6.45, 7) is 3.57. The number of esters is 1. The second-order valence-corrected chi connectivity index (χ2v) is 7.23. The first-order valence-corrected chi connectivity index (χ1v) is 10.5. The molecule has 0 aliphatic carbocycles. The van der Waals surface area contributed by atoms with E-state index in [2.05, 4.69) is 25.5 Å². The highest BCUT2D eigenvalue weighted by Gasteiger charge is 2.20. The minimum Gasteiger partial charge on any atom is -0.462 e. The molecule has 2 amide bonds. The zero-order valence-electron chi connectivity index (χ0n) is 17.4. The topological polar surface area (TPSA) is 119 Å². The van der Waals surface area contributed by atoms with Gasteiger partial charge in [0, 0.05) is 11.4 Å². The molecule has 0 spiro atoms. The number of hydrogen-bond acceptors (Lipinski definition) is 8. The maximum absolute atomic E-state index is 13.3. The zero-order valence-corrected chi connectivity index (χ0v) is 18.2. The molecule has 0 aliphatic heterocycles. The van der Waals surface area contributed by atoms with Crippen LogP contribution in [0.4, 0.5) is 13.9 Å². The maximum atomic E-state index is 13.3. The van der Waals surface area contributed by atoms with Gasteiger partial charge < -0.3 is 20.2 Å². The fraction of sp³-hybridized carbons (Fsp3) is 0.350. The van der Waals surface area contributed by atoms with Crippen LogP contribution in [0.5, 0.6) is 0 Å². The molecule has 0 saturated carbocycles. The first-order valence-electron chi connectivity index (χ1n) is 9.62. The van der Waals surface area contributed by atoms with Crippen molar-refractivity contribution in [3.05, 3.63) is 46.5 Å². The largest absolute Gasteiger partial charge is 0.462 e. The van der Waals surface area contributed by atoms with Crippen molar-refractivity contribution < 1.29 is 32.7 Å². The molecule has 2 rings (SSSR count). The van der Waals surface area contributed by atoms with Gasteiger partial charge in [-0.3, -0.25) is 9.59 Å². The highest BCUT2D eigenvalue weighted by molar-refractivity contribution is 7.13. The first kappa shape index (κ1) is 24.9. The number of carbonyl (C=O) groups excluding carboxylic acids is 3. The molecule has 9 nitrogen and oxygen atoms in total. The Hall–Kier alpha value is -3.41. The summed E-state index contributed by atoms with van der Waals surface area (Å²) in [4.78, 5) is 44.9. The summed E-state index contributed by atoms with van der Waals surface area (Å²) in [7, 11) is 0. The van der Waals surface area contributed by atoms with Gasteiger partial charge in [0.05, 0.1) is 18.7 Å². The normalized spacial score (nSPS) is 11.8. The van der Waals surface area contributed by atoms with Gasteiger partial charge in [0.2, 0.25) is 11.8 Å². The van der Waals surface area contributed by atoms with E-state index >= 15 is 0 Å². The number of oxime groups is 1. The predicted molar refractivity (Wildman–Crippen MR) is 113 cm³/mol. The average Bonchev–Trinajstić information content (AvgIpc) is 3.16. The molecular weight excluding hydrogens is 446 g/mol. The van der Waals surface area contributed by atoms with Crippen LogP contribution in [0.2, 0.25) is 0 Å². The van der Waals surface area contributed by atoms with E-state index < -0.39 is 35.5 Å². The Kier molecular flexibility index (Phi) is 9.67. The van der Waals surface area contributed by atoms with Gasteiger partial charge in [0.25, 0.3) is 0 Å². The molecule has 2 aromatic rings. The number of ether oxygens (including phenoxy) is 1. The molecule has 1 atom stereocenters. The van der Waals surface area contributed by atoms with E-state index in [1.807, 2.05) is 0 Å². The highest BCUT2D eigenvalue weighted by atomic mass is 32.1. The van der Waals surface area contributed by atoms with E-state index in [4.69, 9.17) is 4.84 Å². The predicted octanol–water partition coefficient (Wildman–Crippen LogP) is 2.56. The SMILES string of the molecule is CCOC(=O)C=NOCc1csc(NC(=O)C(CC)NC(=O)Cc2cc(F)cc(F)c2)n1. The molecule has 0 bridgehead atoms. The minimum absolute atomic E-state index is 0.0274. The molecule has 32 heavy (non-hydrogen) atoms. The Balaban J connectivity index is 1.85. The van der Waals surface area contributed by atoms with Crippen LogP contribution in [-0.2, 0) is 37.0 Å². The van der Waals surface area contributed by atoms with Gasteiger partial charge in [0.1, 0.15) is 17.7 Å². The lowest BCUT2D eigenvalue weighted by Crippen LogP contribution is -2.44. The van der Waals surface area contributed by atoms with Crippen molar-refractivity contribution in [2.75, 3.05) is 11.9 Å². The van der Waals surface area contributed by atoms with E-state index in [1.54, 1.807) is 19.2 Å². The number of anilines is 1. The summed E-state index contributed by atoms with van der Waals surface area (Å²) in [5.41, 5.74) is 0.627. The fourth-order valence-corrected chi connectivity index (χ4v) is 3.18. The van der Waals surface area contributed by atoms with Crippen LogP contribution in [0.25, 0.3) is 0 Å². The van der Waals surface area contributed by atoms with Gasteiger partial charge in [-0.15, -0.1) is 11.3 Å². The summed E-state index contributed by atoms with van der Waals surface area (Å²) < 4.78 is 31.2. The number of nitrogens with zero attached hydrogens (tertiary/aromatic N) is 2. The van der Waals surface area contributed by atoms with E-state index in [9.17, 15) is 23.2 Å². The molecule has 1 unspecified atom stereocenters. The van der Waals surface area contributed by atoms with Crippen molar-refractivity contribution in [1.82, 2.24) is 10.3 Å². The van der Waals surface area contributed by atoms with Crippen LogP contribution < -0.4 is 10.6 Å². The van der Waals surface area contributed by atoms with Crippen LogP contribution >= 0.6 is 11.3 Å². The fourth-order valence-electron chi connectivity index (χ4n) is 2.48. The average molecular weight is 468 g/mol. The molecule has 0 radical (unpaired) electrons. The van der Waals surface area contributed by atoms with Crippen LogP contribution in [0.15, 0.2) is 28.7 Å². The maximum Gasteiger partial charge on any atom is 0.352 e. The lowest BCUT2D eigenvalue weighted by molar-refractivity contribution is -0.134. The van der Waals surface area contributed by atoms with Gasteiger partial charge in [-0.25, -0.2) is 18.6 Å². The smallest absolute Gasteiger partial charge is 0.352 e. The molecule has 1 aromatic carbocycles. The monoisotopic (exact) mass is 468 g/mol. The molecule has 1 aromatic heterocycles. The molecule has 172 valence electrons. The van der Waals surface area contributed by atoms with Crippen molar-refractivity contribution in [2.24, 2.45) is 5.16 Å². The molecule has 2 N–H and O–H groups in total. The number of halogens is 2. The van der Waals surface area contributed by atoms with Crippen molar-refractivity contribution in [3.63, 3.8) is 0 Å². The van der Waals surface area contributed by atoms with Crippen LogP contribution in [0.3, 0.4) is 0 Å². The Morgan fingerprint density at radius 3 is 2.59 bits per heavy atom. The summed E-state index contributed by atoms with van der Waals surface area (Å²) >= 11 is 1.14. The van der Waals surface area contributed by atoms with E-state index in [0.717, 1.165) is 29.7 Å². The second-order valence-electron chi connectivity index (χ2n) is 6.38. The van der Waals surface area contributed by atoms with Crippen molar-refractivity contribution >= 4 is 40.5 Å². The third-order valence-electron chi connectivity index (χ3n) is 3.86. The zero-order chi connectivity index (χ0) is 23.5. The quantitative estimate of drug-likeness (QED) is 0.297. The van der Waals surface area contributed by atoms with Gasteiger partial charge in [-0.05, 0) is 31.0 Å². The van der Waals surface area contributed by atoms with E-state index in [0.29, 0.717) is 18.2 Å². The summed E-state index contributed by atoms with van der Waals surface area (Å²) in [6.07, 6.45) is 0.911. The molecule has 1 heterocycles. The number of benzene rings is 1. The van der Waals surface area contributed by atoms with Crippen LogP contribution in [0, 0.1) is 11.6 Å². The molecule has 0 saturated heterocycles.